The number of hydrogen-bond acceptors (Lipinski definition) is 5. The van der Waals surface area contributed by atoms with E-state index < -0.39 is 6.10 Å². The lowest BCUT2D eigenvalue weighted by Crippen LogP contribution is -2.36. The van der Waals surface area contributed by atoms with Crippen molar-refractivity contribution in [3.05, 3.63) is 81.1 Å². The zero-order valence-corrected chi connectivity index (χ0v) is 18.7. The maximum atomic E-state index is 12.5. The van der Waals surface area contributed by atoms with Gasteiger partial charge in [0.25, 0.3) is 11.5 Å². The van der Waals surface area contributed by atoms with Crippen LogP contribution in [0.25, 0.3) is 5.69 Å². The van der Waals surface area contributed by atoms with E-state index in [1.807, 2.05) is 50.2 Å². The van der Waals surface area contributed by atoms with Gasteiger partial charge in [-0.25, -0.2) is 0 Å². The van der Waals surface area contributed by atoms with Crippen molar-refractivity contribution in [3.8, 4) is 11.6 Å². The molecule has 0 aliphatic carbocycles. The van der Waals surface area contributed by atoms with Crippen molar-refractivity contribution in [3.63, 3.8) is 0 Å². The Morgan fingerprint density at radius 2 is 1.87 bits per heavy atom. The third-order valence-corrected chi connectivity index (χ3v) is 5.00. The number of carbonyl (C=O) groups is 1. The molecule has 1 aromatic heterocycles. The second-order valence-electron chi connectivity index (χ2n) is 7.39. The van der Waals surface area contributed by atoms with Crippen LogP contribution in [0.1, 0.15) is 18.1 Å². The molecule has 0 bridgehead atoms. The van der Waals surface area contributed by atoms with Gasteiger partial charge in [-0.15, -0.1) is 5.10 Å². The number of amides is 1. The Morgan fingerprint density at radius 1 is 1.16 bits per heavy atom. The van der Waals surface area contributed by atoms with Crippen LogP contribution in [-0.4, -0.2) is 35.9 Å². The van der Waals surface area contributed by atoms with Crippen LogP contribution in [0.3, 0.4) is 0 Å². The third-order valence-electron chi connectivity index (χ3n) is 4.76. The van der Waals surface area contributed by atoms with Crippen molar-refractivity contribution < 1.29 is 9.53 Å². The molecule has 1 atom stereocenters. The molecule has 0 saturated carbocycles. The van der Waals surface area contributed by atoms with Gasteiger partial charge in [-0.05, 0) is 49.2 Å². The van der Waals surface area contributed by atoms with Crippen molar-refractivity contribution in [2.75, 3.05) is 19.0 Å². The molecule has 0 spiro atoms. The summed E-state index contributed by atoms with van der Waals surface area (Å²) in [5.74, 6) is -0.118. The van der Waals surface area contributed by atoms with Crippen LogP contribution in [0.15, 0.2) is 59.4 Å². The summed E-state index contributed by atoms with van der Waals surface area (Å²) >= 11 is 6.06. The van der Waals surface area contributed by atoms with Gasteiger partial charge < -0.3 is 15.0 Å². The fraction of sp³-hybridized carbons (Fsp3) is 0.261. The summed E-state index contributed by atoms with van der Waals surface area (Å²) in [5, 5.41) is 7.59. The summed E-state index contributed by atoms with van der Waals surface area (Å²) in [5.41, 5.74) is 3.14. The van der Waals surface area contributed by atoms with Crippen molar-refractivity contribution in [2.45, 2.75) is 26.5 Å². The molecule has 0 saturated heterocycles. The number of hydrogen-bond donors (Lipinski definition) is 1. The van der Waals surface area contributed by atoms with Gasteiger partial charge in [0, 0.05) is 43.5 Å². The Bertz CT molecular complexity index is 1130. The molecule has 162 valence electrons. The number of rotatable bonds is 7. The Balaban J connectivity index is 1.67. The van der Waals surface area contributed by atoms with Crippen LogP contribution in [0.2, 0.25) is 5.02 Å². The van der Waals surface area contributed by atoms with E-state index in [0.29, 0.717) is 17.3 Å². The van der Waals surface area contributed by atoms with Crippen molar-refractivity contribution in [1.82, 2.24) is 15.1 Å². The Kier molecular flexibility index (Phi) is 6.97. The SMILES string of the molecule is Cc1ccc(Cl)cc1-n1nc(OC(C)C(=O)NCc2ccc(N(C)C)cc2)ccc1=O. The first-order valence-electron chi connectivity index (χ1n) is 9.82. The molecule has 1 N–H and O–H groups in total. The highest BCUT2D eigenvalue weighted by Crippen LogP contribution is 2.18. The molecule has 0 aliphatic rings. The zero-order chi connectivity index (χ0) is 22.5. The minimum Gasteiger partial charge on any atom is -0.464 e. The van der Waals surface area contributed by atoms with Crippen LogP contribution in [0, 0.1) is 6.92 Å². The quantitative estimate of drug-likeness (QED) is 0.609. The summed E-state index contributed by atoms with van der Waals surface area (Å²) in [7, 11) is 3.95. The molecule has 1 amide bonds. The lowest BCUT2D eigenvalue weighted by molar-refractivity contribution is -0.127. The molecule has 3 aromatic rings. The maximum Gasteiger partial charge on any atom is 0.271 e. The molecule has 0 fully saturated rings. The molecule has 1 heterocycles. The molecule has 0 aliphatic heterocycles. The lowest BCUT2D eigenvalue weighted by atomic mass is 10.2. The molecular formula is C23H25ClN4O3. The highest BCUT2D eigenvalue weighted by Gasteiger charge is 2.16. The van der Waals surface area contributed by atoms with E-state index in [1.165, 1.54) is 16.8 Å². The summed E-state index contributed by atoms with van der Waals surface area (Å²) in [6.07, 6.45) is -0.792. The number of carbonyl (C=O) groups excluding carboxylic acids is 1. The summed E-state index contributed by atoms with van der Waals surface area (Å²) in [6.45, 7) is 3.87. The molecule has 2 aromatic carbocycles. The fourth-order valence-corrected chi connectivity index (χ4v) is 3.09. The van der Waals surface area contributed by atoms with Gasteiger partial charge in [-0.1, -0.05) is 29.8 Å². The van der Waals surface area contributed by atoms with Crippen LogP contribution in [0.5, 0.6) is 5.88 Å². The van der Waals surface area contributed by atoms with E-state index in [2.05, 4.69) is 10.4 Å². The Morgan fingerprint density at radius 3 is 2.55 bits per heavy atom. The number of anilines is 1. The predicted octanol–water partition coefficient (Wildman–Crippen LogP) is 3.34. The Hall–Kier alpha value is -3.32. The number of ether oxygens (including phenoxy) is 1. The highest BCUT2D eigenvalue weighted by atomic mass is 35.5. The smallest absolute Gasteiger partial charge is 0.271 e. The average molecular weight is 441 g/mol. The second kappa shape index (κ2) is 9.66. The van der Waals surface area contributed by atoms with Gasteiger partial charge in [-0.2, -0.15) is 4.68 Å². The molecule has 1 unspecified atom stereocenters. The maximum absolute atomic E-state index is 12.5. The number of aromatic nitrogens is 2. The van der Waals surface area contributed by atoms with Crippen LogP contribution in [0.4, 0.5) is 5.69 Å². The monoisotopic (exact) mass is 440 g/mol. The van der Waals surface area contributed by atoms with Gasteiger partial charge in [0.15, 0.2) is 6.10 Å². The van der Waals surface area contributed by atoms with Gasteiger partial charge in [0.1, 0.15) is 0 Å². The summed E-state index contributed by atoms with van der Waals surface area (Å²) < 4.78 is 6.90. The third kappa shape index (κ3) is 5.64. The molecule has 8 heteroatoms. The molecule has 3 rings (SSSR count). The van der Waals surface area contributed by atoms with E-state index in [-0.39, 0.29) is 17.3 Å². The fourth-order valence-electron chi connectivity index (χ4n) is 2.92. The number of aryl methyl sites for hydroxylation is 1. The van der Waals surface area contributed by atoms with Gasteiger partial charge in [-0.3, -0.25) is 9.59 Å². The first-order chi connectivity index (χ1) is 14.7. The van der Waals surface area contributed by atoms with Crippen LogP contribution < -0.4 is 20.5 Å². The minimum atomic E-state index is -0.792. The largest absolute Gasteiger partial charge is 0.464 e. The number of benzene rings is 2. The first-order valence-corrected chi connectivity index (χ1v) is 10.2. The topological polar surface area (TPSA) is 76.5 Å². The van der Waals surface area contributed by atoms with E-state index >= 15 is 0 Å². The summed E-state index contributed by atoms with van der Waals surface area (Å²) in [4.78, 5) is 26.8. The van der Waals surface area contributed by atoms with E-state index in [1.54, 1.807) is 25.1 Å². The predicted molar refractivity (Wildman–Crippen MR) is 122 cm³/mol. The van der Waals surface area contributed by atoms with Crippen molar-refractivity contribution >= 4 is 23.2 Å². The molecular weight excluding hydrogens is 416 g/mol. The Labute approximate surface area is 186 Å². The normalized spacial score (nSPS) is 11.6. The first kappa shape index (κ1) is 22.4. The van der Waals surface area contributed by atoms with E-state index in [4.69, 9.17) is 16.3 Å². The molecule has 0 radical (unpaired) electrons. The molecule has 7 nitrogen and oxygen atoms in total. The highest BCUT2D eigenvalue weighted by molar-refractivity contribution is 6.30. The standard InChI is InChI=1S/C23H25ClN4O3/c1-15-5-8-18(24)13-20(15)28-22(29)12-11-21(26-28)31-16(2)23(30)25-14-17-6-9-19(10-7-17)27(3)4/h5-13,16H,14H2,1-4H3,(H,25,30). The van der Waals surface area contributed by atoms with E-state index in [0.717, 1.165) is 16.8 Å². The molecule has 31 heavy (non-hydrogen) atoms. The number of nitrogens with one attached hydrogen (secondary N) is 1. The van der Waals surface area contributed by atoms with Crippen molar-refractivity contribution in [1.29, 1.82) is 0 Å². The van der Waals surface area contributed by atoms with Gasteiger partial charge in [0.2, 0.25) is 5.88 Å². The lowest BCUT2D eigenvalue weighted by Gasteiger charge is -2.16. The zero-order valence-electron chi connectivity index (χ0n) is 17.9. The second-order valence-corrected chi connectivity index (χ2v) is 7.83. The van der Waals surface area contributed by atoms with Crippen molar-refractivity contribution in [2.24, 2.45) is 0 Å². The average Bonchev–Trinajstić information content (AvgIpc) is 2.75. The number of halogens is 1. The van der Waals surface area contributed by atoms with Crippen LogP contribution in [-0.2, 0) is 11.3 Å². The van der Waals surface area contributed by atoms with E-state index in [9.17, 15) is 9.59 Å². The van der Waals surface area contributed by atoms with Crippen LogP contribution >= 0.6 is 11.6 Å². The minimum absolute atomic E-state index is 0.164. The van der Waals surface area contributed by atoms with Gasteiger partial charge >= 0.3 is 0 Å². The summed E-state index contributed by atoms with van der Waals surface area (Å²) in [6, 6.07) is 15.9. The number of nitrogens with zero attached hydrogens (tertiary/aromatic N) is 3. The van der Waals surface area contributed by atoms with Gasteiger partial charge in [0.05, 0.1) is 5.69 Å².